The summed E-state index contributed by atoms with van der Waals surface area (Å²) in [6, 6.07) is 9.85. The van der Waals surface area contributed by atoms with E-state index in [-0.39, 0.29) is 10.8 Å². The van der Waals surface area contributed by atoms with Crippen molar-refractivity contribution in [2.75, 3.05) is 11.8 Å². The average molecular weight is 357 g/mol. The minimum Gasteiger partial charge on any atom is -0.480 e. The van der Waals surface area contributed by atoms with Crippen LogP contribution in [0.1, 0.15) is 5.56 Å². The monoisotopic (exact) mass is 356 g/mol. The molecule has 0 aliphatic carbocycles. The second-order valence-corrected chi connectivity index (χ2v) is 6.19. The molecule has 5 nitrogen and oxygen atoms in total. The topological polar surface area (TPSA) is 68.3 Å². The highest BCUT2D eigenvalue weighted by atomic mass is 79.9. The van der Waals surface area contributed by atoms with Gasteiger partial charge in [-0.15, -0.1) is 0 Å². The quantitative estimate of drug-likeness (QED) is 0.836. The molecule has 0 saturated carbocycles. The first kappa shape index (κ1) is 14.8. The van der Waals surface area contributed by atoms with Crippen molar-refractivity contribution in [1.29, 1.82) is 0 Å². The number of methoxy groups -OCH3 is 1. The smallest absolute Gasteiger partial charge is 0.262 e. The molecule has 20 heavy (non-hydrogen) atoms. The van der Waals surface area contributed by atoms with Crippen LogP contribution in [-0.2, 0) is 15.4 Å². The standard InChI is InChI=1S/C13H13BrN2O3S/c1-19-13-12(3-2-8-15-13)16-20(17,18)11-6-4-10(9-14)5-7-11/h2-8,16H,9H2,1H3. The van der Waals surface area contributed by atoms with Gasteiger partial charge in [0.2, 0.25) is 5.88 Å². The molecule has 0 aliphatic heterocycles. The van der Waals surface area contributed by atoms with E-state index in [0.29, 0.717) is 11.0 Å². The Morgan fingerprint density at radius 3 is 2.55 bits per heavy atom. The number of rotatable bonds is 5. The molecule has 0 atom stereocenters. The molecule has 0 radical (unpaired) electrons. The van der Waals surface area contributed by atoms with Crippen molar-refractivity contribution in [1.82, 2.24) is 4.98 Å². The number of hydrogen-bond donors (Lipinski definition) is 1. The first-order chi connectivity index (χ1) is 9.56. The van der Waals surface area contributed by atoms with E-state index in [2.05, 4.69) is 25.6 Å². The van der Waals surface area contributed by atoms with Crippen LogP contribution in [0, 0.1) is 0 Å². The summed E-state index contributed by atoms with van der Waals surface area (Å²) in [5, 5.41) is 0.678. The highest BCUT2D eigenvalue weighted by Gasteiger charge is 2.16. The number of nitrogens with zero attached hydrogens (tertiary/aromatic N) is 1. The first-order valence-corrected chi connectivity index (χ1v) is 8.34. The molecule has 0 saturated heterocycles. The fourth-order valence-corrected chi connectivity index (χ4v) is 3.02. The maximum absolute atomic E-state index is 12.3. The Hall–Kier alpha value is -1.60. The van der Waals surface area contributed by atoms with Gasteiger partial charge in [-0.1, -0.05) is 28.1 Å². The van der Waals surface area contributed by atoms with Crippen LogP contribution >= 0.6 is 15.9 Å². The van der Waals surface area contributed by atoms with Crippen LogP contribution in [0.25, 0.3) is 0 Å². The lowest BCUT2D eigenvalue weighted by molar-refractivity contribution is 0.400. The molecule has 7 heteroatoms. The van der Waals surface area contributed by atoms with Crippen LogP contribution in [0.4, 0.5) is 5.69 Å². The zero-order chi connectivity index (χ0) is 14.6. The lowest BCUT2D eigenvalue weighted by Gasteiger charge is -2.10. The minimum atomic E-state index is -3.66. The van der Waals surface area contributed by atoms with E-state index in [1.54, 1.807) is 36.4 Å². The van der Waals surface area contributed by atoms with Gasteiger partial charge < -0.3 is 4.74 Å². The van der Waals surface area contributed by atoms with Crippen LogP contribution in [0.15, 0.2) is 47.5 Å². The summed E-state index contributed by atoms with van der Waals surface area (Å²) in [6.45, 7) is 0. The minimum absolute atomic E-state index is 0.188. The molecule has 1 aromatic heterocycles. The number of pyridine rings is 1. The summed E-state index contributed by atoms with van der Waals surface area (Å²) in [4.78, 5) is 4.14. The first-order valence-electron chi connectivity index (χ1n) is 5.73. The van der Waals surface area contributed by atoms with Gasteiger partial charge in [0.15, 0.2) is 0 Å². The molecule has 106 valence electrons. The third-order valence-electron chi connectivity index (χ3n) is 2.60. The highest BCUT2D eigenvalue weighted by molar-refractivity contribution is 9.08. The lowest BCUT2D eigenvalue weighted by atomic mass is 10.2. The fraction of sp³-hybridized carbons (Fsp3) is 0.154. The molecule has 0 bridgehead atoms. The summed E-state index contributed by atoms with van der Waals surface area (Å²) < 4.78 is 32.0. The number of ether oxygens (including phenoxy) is 1. The number of aromatic nitrogens is 1. The molecule has 0 amide bonds. The van der Waals surface area contributed by atoms with Crippen molar-refractivity contribution < 1.29 is 13.2 Å². The molecule has 0 unspecified atom stereocenters. The van der Waals surface area contributed by atoms with Gasteiger partial charge in [-0.2, -0.15) is 0 Å². The molecule has 1 N–H and O–H groups in total. The van der Waals surface area contributed by atoms with E-state index < -0.39 is 10.0 Å². The molecule has 2 rings (SSSR count). The molecule has 2 aromatic rings. The summed E-state index contributed by atoms with van der Waals surface area (Å²) in [7, 11) is -2.22. The fourth-order valence-electron chi connectivity index (χ4n) is 1.59. The second-order valence-electron chi connectivity index (χ2n) is 3.94. The Morgan fingerprint density at radius 2 is 1.95 bits per heavy atom. The van der Waals surface area contributed by atoms with Gasteiger partial charge in [0.05, 0.1) is 12.0 Å². The van der Waals surface area contributed by atoms with Crippen molar-refractivity contribution in [3.05, 3.63) is 48.2 Å². The molecular weight excluding hydrogens is 344 g/mol. The predicted molar refractivity (Wildman–Crippen MR) is 80.7 cm³/mol. The van der Waals surface area contributed by atoms with Crippen LogP contribution in [0.2, 0.25) is 0 Å². The second kappa shape index (κ2) is 6.23. The van der Waals surface area contributed by atoms with E-state index in [9.17, 15) is 8.42 Å². The van der Waals surface area contributed by atoms with Crippen molar-refractivity contribution >= 4 is 31.6 Å². The van der Waals surface area contributed by atoms with Crippen LogP contribution < -0.4 is 9.46 Å². The number of alkyl halides is 1. The Morgan fingerprint density at radius 1 is 1.25 bits per heavy atom. The summed E-state index contributed by atoms with van der Waals surface area (Å²) in [6.07, 6.45) is 1.53. The molecule has 1 aromatic carbocycles. The van der Waals surface area contributed by atoms with Crippen LogP contribution in [-0.4, -0.2) is 20.5 Å². The number of halogens is 1. The van der Waals surface area contributed by atoms with E-state index in [4.69, 9.17) is 4.74 Å². The van der Waals surface area contributed by atoms with Crippen LogP contribution in [0.3, 0.4) is 0 Å². The van der Waals surface area contributed by atoms with Crippen molar-refractivity contribution in [2.45, 2.75) is 10.2 Å². The van der Waals surface area contributed by atoms with Crippen molar-refractivity contribution in [3.63, 3.8) is 0 Å². The van der Waals surface area contributed by atoms with Gasteiger partial charge >= 0.3 is 0 Å². The Labute approximate surface area is 126 Å². The maximum atomic E-state index is 12.3. The predicted octanol–water partition coefficient (Wildman–Crippen LogP) is 2.79. The normalized spacial score (nSPS) is 11.1. The number of sulfonamides is 1. The largest absolute Gasteiger partial charge is 0.480 e. The van der Waals surface area contributed by atoms with Crippen molar-refractivity contribution in [2.24, 2.45) is 0 Å². The van der Waals surface area contributed by atoms with Gasteiger partial charge in [0, 0.05) is 11.5 Å². The maximum Gasteiger partial charge on any atom is 0.262 e. The Balaban J connectivity index is 2.30. The molecule has 0 fully saturated rings. The summed E-state index contributed by atoms with van der Waals surface area (Å²) in [5.41, 5.74) is 1.31. The number of hydrogen-bond acceptors (Lipinski definition) is 4. The lowest BCUT2D eigenvalue weighted by Crippen LogP contribution is -2.14. The van der Waals surface area contributed by atoms with Gasteiger partial charge in [-0.05, 0) is 29.8 Å². The molecule has 0 spiro atoms. The number of nitrogens with one attached hydrogen (secondary N) is 1. The van der Waals surface area contributed by atoms with Gasteiger partial charge in [-0.3, -0.25) is 4.72 Å². The highest BCUT2D eigenvalue weighted by Crippen LogP contribution is 2.23. The third-order valence-corrected chi connectivity index (χ3v) is 4.63. The van der Waals surface area contributed by atoms with Gasteiger partial charge in [0.25, 0.3) is 10.0 Å². The van der Waals surface area contributed by atoms with Gasteiger partial charge in [-0.25, -0.2) is 13.4 Å². The summed E-state index contributed by atoms with van der Waals surface area (Å²) in [5.74, 6) is 0.230. The number of benzene rings is 1. The summed E-state index contributed by atoms with van der Waals surface area (Å²) >= 11 is 3.32. The Kier molecular flexibility index (Phi) is 4.61. The number of anilines is 1. The van der Waals surface area contributed by atoms with E-state index in [1.807, 2.05) is 0 Å². The van der Waals surface area contributed by atoms with Gasteiger partial charge in [0.1, 0.15) is 5.69 Å². The van der Waals surface area contributed by atoms with E-state index in [0.717, 1.165) is 5.56 Å². The van der Waals surface area contributed by atoms with E-state index >= 15 is 0 Å². The zero-order valence-electron chi connectivity index (χ0n) is 10.7. The molecule has 0 aliphatic rings. The average Bonchev–Trinajstić information content (AvgIpc) is 2.47. The molecular formula is C13H13BrN2O3S. The van der Waals surface area contributed by atoms with Crippen LogP contribution in [0.5, 0.6) is 5.88 Å². The SMILES string of the molecule is COc1ncccc1NS(=O)(=O)c1ccc(CBr)cc1. The third kappa shape index (κ3) is 3.29. The Bertz CT molecular complexity index is 687. The molecule has 1 heterocycles. The van der Waals surface area contributed by atoms with Crippen molar-refractivity contribution in [3.8, 4) is 5.88 Å². The zero-order valence-corrected chi connectivity index (χ0v) is 13.1. The van der Waals surface area contributed by atoms with E-state index in [1.165, 1.54) is 13.3 Å².